The number of benzene rings is 1. The summed E-state index contributed by atoms with van der Waals surface area (Å²) >= 11 is 0. The lowest BCUT2D eigenvalue weighted by atomic mass is 9.59. The lowest BCUT2D eigenvalue weighted by molar-refractivity contribution is -0.191. The summed E-state index contributed by atoms with van der Waals surface area (Å²) in [7, 11) is 0. The molecule has 32 heavy (non-hydrogen) atoms. The lowest BCUT2D eigenvalue weighted by Crippen LogP contribution is -2.52. The van der Waals surface area contributed by atoms with Gasteiger partial charge in [0.25, 0.3) is 0 Å². The molecule has 2 aliphatic carbocycles. The van der Waals surface area contributed by atoms with Gasteiger partial charge in [-0.15, -0.1) is 6.58 Å². The molecule has 0 aromatic heterocycles. The Morgan fingerprint density at radius 2 is 1.94 bits per heavy atom. The molecule has 0 saturated heterocycles. The van der Waals surface area contributed by atoms with Gasteiger partial charge in [0.2, 0.25) is 0 Å². The van der Waals surface area contributed by atoms with Crippen molar-refractivity contribution in [3.05, 3.63) is 48.6 Å². The van der Waals surface area contributed by atoms with Gasteiger partial charge >= 0.3 is 5.97 Å². The van der Waals surface area contributed by atoms with Crippen LogP contribution in [-0.2, 0) is 25.6 Å². The zero-order valence-electron chi connectivity index (χ0n) is 19.9. The monoisotopic (exact) mass is 444 g/mol. The van der Waals surface area contributed by atoms with Crippen molar-refractivity contribution < 1.29 is 24.1 Å². The summed E-state index contributed by atoms with van der Waals surface area (Å²) in [6.07, 6.45) is 5.98. The first-order valence-electron chi connectivity index (χ1n) is 12.0. The van der Waals surface area contributed by atoms with E-state index in [2.05, 4.69) is 6.58 Å². The number of ether oxygens (including phenoxy) is 3. The number of esters is 1. The van der Waals surface area contributed by atoms with Crippen LogP contribution in [-0.4, -0.2) is 36.7 Å². The van der Waals surface area contributed by atoms with Crippen molar-refractivity contribution in [2.75, 3.05) is 13.4 Å². The van der Waals surface area contributed by atoms with E-state index in [4.69, 9.17) is 14.2 Å². The topological polar surface area (TPSA) is 65.0 Å². The Kier molecular flexibility index (Phi) is 8.92. The van der Waals surface area contributed by atoms with Crippen LogP contribution in [0.4, 0.5) is 0 Å². The van der Waals surface area contributed by atoms with E-state index in [1.54, 1.807) is 6.08 Å². The minimum absolute atomic E-state index is 0.0103. The van der Waals surface area contributed by atoms with Crippen LogP contribution < -0.4 is 0 Å². The van der Waals surface area contributed by atoms with Crippen LogP contribution in [0, 0.1) is 29.1 Å². The Bertz CT molecular complexity index is 725. The van der Waals surface area contributed by atoms with Crippen LogP contribution in [0.1, 0.15) is 58.4 Å². The van der Waals surface area contributed by atoms with E-state index < -0.39 is 11.5 Å². The Hall–Kier alpha value is -1.69. The van der Waals surface area contributed by atoms with Crippen LogP contribution in [0.15, 0.2) is 43.0 Å². The fraction of sp³-hybridized carbons (Fsp3) is 0.667. The number of hydrogen-bond donors (Lipinski definition) is 1. The number of rotatable bonds is 10. The molecule has 0 radical (unpaired) electrons. The van der Waals surface area contributed by atoms with Crippen molar-refractivity contribution in [3.8, 4) is 0 Å². The summed E-state index contributed by atoms with van der Waals surface area (Å²) in [4.78, 5) is 12.4. The molecule has 5 heteroatoms. The largest absolute Gasteiger partial charge is 0.465 e. The first-order valence-corrected chi connectivity index (χ1v) is 12.0. The molecule has 5 nitrogen and oxygen atoms in total. The Morgan fingerprint density at radius 3 is 2.62 bits per heavy atom. The molecule has 2 aliphatic rings. The smallest absolute Gasteiger partial charge is 0.311 e. The van der Waals surface area contributed by atoms with Crippen LogP contribution in [0.5, 0.6) is 0 Å². The van der Waals surface area contributed by atoms with Gasteiger partial charge in [-0.05, 0) is 75.7 Å². The molecule has 1 aromatic carbocycles. The summed E-state index contributed by atoms with van der Waals surface area (Å²) in [5.41, 5.74) is 0.596. The normalized spacial score (nSPS) is 28.7. The van der Waals surface area contributed by atoms with Crippen LogP contribution in [0.2, 0.25) is 0 Å². The molecular weight excluding hydrogens is 404 g/mol. The molecule has 3 rings (SSSR count). The molecule has 1 N–H and O–H groups in total. The summed E-state index contributed by atoms with van der Waals surface area (Å²) < 4.78 is 17.9. The van der Waals surface area contributed by atoms with Gasteiger partial charge in [-0.2, -0.15) is 0 Å². The van der Waals surface area contributed by atoms with E-state index in [1.807, 2.05) is 51.1 Å². The highest BCUT2D eigenvalue weighted by Crippen LogP contribution is 2.49. The first kappa shape index (κ1) is 24.9. The minimum atomic E-state index is -0.521. The molecule has 2 bridgehead atoms. The van der Waals surface area contributed by atoms with E-state index in [0.29, 0.717) is 31.5 Å². The fourth-order valence-electron chi connectivity index (χ4n) is 5.38. The van der Waals surface area contributed by atoms with Crippen molar-refractivity contribution >= 4 is 5.97 Å². The van der Waals surface area contributed by atoms with Gasteiger partial charge in [0.1, 0.15) is 6.79 Å². The van der Waals surface area contributed by atoms with E-state index in [0.717, 1.165) is 31.2 Å². The molecule has 2 fully saturated rings. The maximum absolute atomic E-state index is 12.4. The minimum Gasteiger partial charge on any atom is -0.465 e. The zero-order valence-corrected chi connectivity index (χ0v) is 19.9. The second kappa shape index (κ2) is 11.4. The molecule has 178 valence electrons. The molecule has 0 aliphatic heterocycles. The molecule has 0 amide bonds. The summed E-state index contributed by atoms with van der Waals surface area (Å²) in [5, 5.41) is 10.9. The standard InChI is InChI=1S/C27H40O5/c1-5-10-24(28)23-15-20(17-31-26(29)27(2,3)4)21-13-9-14-22(23)25(21)32-18-30-16-19-11-7-6-8-12-19/h5-8,11-12,20-25,28H,1,9-10,13-18H2,2-4H3/t20-,21-,22+,23-,24+,25+/m1/s1. The van der Waals surface area contributed by atoms with Gasteiger partial charge in [0, 0.05) is 0 Å². The maximum atomic E-state index is 12.4. The second-order valence-corrected chi connectivity index (χ2v) is 10.4. The molecule has 0 spiro atoms. The average Bonchev–Trinajstić information content (AvgIpc) is 2.76. The van der Waals surface area contributed by atoms with Crippen molar-refractivity contribution in [2.45, 2.75) is 71.7 Å². The highest BCUT2D eigenvalue weighted by molar-refractivity contribution is 5.75. The SMILES string of the molecule is C=CC[C@H](O)[C@@H]1C[C@H](COC(=O)C(C)(C)C)[C@H]2CCC[C@@H]1[C@H]2OCOCc1ccccc1. The number of aliphatic hydroxyl groups is 1. The van der Waals surface area contributed by atoms with Gasteiger partial charge in [-0.25, -0.2) is 0 Å². The third-order valence-electron chi connectivity index (χ3n) is 7.05. The van der Waals surface area contributed by atoms with Crippen LogP contribution >= 0.6 is 0 Å². The molecule has 0 heterocycles. The zero-order chi connectivity index (χ0) is 23.1. The molecule has 6 atom stereocenters. The van der Waals surface area contributed by atoms with Gasteiger partial charge < -0.3 is 19.3 Å². The van der Waals surface area contributed by atoms with Crippen molar-refractivity contribution in [1.29, 1.82) is 0 Å². The van der Waals surface area contributed by atoms with E-state index in [9.17, 15) is 9.90 Å². The molecule has 0 unspecified atom stereocenters. The average molecular weight is 445 g/mol. The molecule has 2 saturated carbocycles. The van der Waals surface area contributed by atoms with E-state index in [-0.39, 0.29) is 30.7 Å². The van der Waals surface area contributed by atoms with Gasteiger partial charge in [-0.1, -0.05) is 42.8 Å². The van der Waals surface area contributed by atoms with Crippen molar-refractivity contribution in [3.63, 3.8) is 0 Å². The number of fused-ring (bicyclic) bond motifs is 2. The highest BCUT2D eigenvalue weighted by atomic mass is 16.7. The maximum Gasteiger partial charge on any atom is 0.311 e. The van der Waals surface area contributed by atoms with Gasteiger partial charge in [0.05, 0.1) is 30.8 Å². The third kappa shape index (κ3) is 6.43. The van der Waals surface area contributed by atoms with Crippen molar-refractivity contribution in [1.82, 2.24) is 0 Å². The Morgan fingerprint density at radius 1 is 1.22 bits per heavy atom. The van der Waals surface area contributed by atoms with Crippen LogP contribution in [0.3, 0.4) is 0 Å². The van der Waals surface area contributed by atoms with Gasteiger partial charge in [0.15, 0.2) is 0 Å². The fourth-order valence-corrected chi connectivity index (χ4v) is 5.38. The van der Waals surface area contributed by atoms with Crippen molar-refractivity contribution in [2.24, 2.45) is 29.1 Å². The summed E-state index contributed by atoms with van der Waals surface area (Å²) in [6, 6.07) is 10.1. The molecule has 1 aromatic rings. The number of hydrogen-bond acceptors (Lipinski definition) is 5. The highest BCUT2D eigenvalue weighted by Gasteiger charge is 2.49. The predicted molar refractivity (Wildman–Crippen MR) is 125 cm³/mol. The predicted octanol–water partition coefficient (Wildman–Crippen LogP) is 5.12. The number of carbonyl (C=O) groups is 1. The van der Waals surface area contributed by atoms with E-state index in [1.165, 1.54) is 0 Å². The number of carbonyl (C=O) groups excluding carboxylic acids is 1. The summed E-state index contributed by atoms with van der Waals surface area (Å²) in [5.74, 6) is 0.721. The Balaban J connectivity index is 1.66. The quantitative estimate of drug-likeness (QED) is 0.235. The second-order valence-electron chi connectivity index (χ2n) is 10.4. The Labute approximate surface area is 193 Å². The molecular formula is C27H40O5. The van der Waals surface area contributed by atoms with E-state index >= 15 is 0 Å². The lowest BCUT2D eigenvalue weighted by Gasteiger charge is -2.51. The number of aliphatic hydroxyl groups excluding tert-OH is 1. The first-order chi connectivity index (χ1) is 15.3. The van der Waals surface area contributed by atoms with Gasteiger partial charge in [-0.3, -0.25) is 4.79 Å². The van der Waals surface area contributed by atoms with Crippen LogP contribution in [0.25, 0.3) is 0 Å². The summed E-state index contributed by atoms with van der Waals surface area (Å²) in [6.45, 7) is 10.6. The third-order valence-corrected chi connectivity index (χ3v) is 7.05.